The van der Waals surface area contributed by atoms with Crippen molar-refractivity contribution in [3.05, 3.63) is 68.2 Å². The fourth-order valence-electron chi connectivity index (χ4n) is 1.95. The number of nitro benzene ring substituents is 1. The molecule has 1 N–H and O–H groups in total. The predicted molar refractivity (Wildman–Crippen MR) is 90.8 cm³/mol. The van der Waals surface area contributed by atoms with Gasteiger partial charge in [0.05, 0.1) is 15.5 Å². The smallest absolute Gasteiger partial charge is 0.322 e. The molecule has 0 saturated heterocycles. The molecule has 126 valence electrons. The Morgan fingerprint density at radius 1 is 1.12 bits per heavy atom. The minimum atomic E-state index is -0.555. The van der Waals surface area contributed by atoms with Gasteiger partial charge in [-0.3, -0.25) is 20.2 Å². The summed E-state index contributed by atoms with van der Waals surface area (Å²) in [5.74, 6) is -0.464. The highest BCUT2D eigenvalue weighted by molar-refractivity contribution is 6.35. The molecule has 0 bridgehead atoms. The lowest BCUT2D eigenvalue weighted by Crippen LogP contribution is -2.12. The topological polar surface area (TPSA) is 111 Å². The lowest BCUT2D eigenvalue weighted by atomic mass is 10.2. The molecule has 0 spiro atoms. The molecule has 0 aliphatic heterocycles. The minimum absolute atomic E-state index is 0.0894. The summed E-state index contributed by atoms with van der Waals surface area (Å²) >= 11 is 12.0. The zero-order valence-electron chi connectivity index (χ0n) is 12.3. The zero-order chi connectivity index (χ0) is 18.0. The monoisotopic (exact) mass is 378 g/mol. The third-order valence-corrected chi connectivity index (χ3v) is 3.71. The Morgan fingerprint density at radius 3 is 2.52 bits per heavy atom. The van der Waals surface area contributed by atoms with Crippen molar-refractivity contribution in [1.29, 1.82) is 0 Å². The van der Waals surface area contributed by atoms with Crippen LogP contribution in [-0.4, -0.2) is 21.0 Å². The van der Waals surface area contributed by atoms with Crippen molar-refractivity contribution in [1.82, 2.24) is 10.2 Å². The molecule has 0 aliphatic rings. The Kier molecular flexibility index (Phi) is 4.64. The third-order valence-electron chi connectivity index (χ3n) is 3.14. The maximum Gasteiger partial charge on any atom is 0.322 e. The van der Waals surface area contributed by atoms with E-state index in [0.29, 0.717) is 15.6 Å². The maximum absolute atomic E-state index is 12.1. The molecular formula is C15H8Cl2N4O4. The number of nitrogens with zero attached hydrogens (tertiary/aromatic N) is 3. The number of amides is 1. The summed E-state index contributed by atoms with van der Waals surface area (Å²) in [5, 5.41) is 21.3. The molecule has 3 aromatic rings. The molecule has 10 heteroatoms. The molecule has 2 aromatic carbocycles. The van der Waals surface area contributed by atoms with Gasteiger partial charge in [-0.1, -0.05) is 28.3 Å². The van der Waals surface area contributed by atoms with Crippen LogP contribution in [0, 0.1) is 10.1 Å². The molecule has 3 rings (SSSR count). The minimum Gasteiger partial charge on any atom is -0.403 e. The van der Waals surface area contributed by atoms with E-state index in [1.165, 1.54) is 24.3 Å². The van der Waals surface area contributed by atoms with Crippen LogP contribution in [-0.2, 0) is 0 Å². The number of nitro groups is 1. The summed E-state index contributed by atoms with van der Waals surface area (Å²) in [6.07, 6.45) is 0. The second kappa shape index (κ2) is 6.88. The Balaban J connectivity index is 1.78. The Hall–Kier alpha value is -2.97. The number of hydrogen-bond donors (Lipinski definition) is 1. The molecule has 8 nitrogen and oxygen atoms in total. The number of anilines is 1. The molecule has 0 radical (unpaired) electrons. The lowest BCUT2D eigenvalue weighted by Gasteiger charge is -2.01. The van der Waals surface area contributed by atoms with Gasteiger partial charge in [0.25, 0.3) is 17.5 Å². The van der Waals surface area contributed by atoms with E-state index in [-0.39, 0.29) is 23.2 Å². The van der Waals surface area contributed by atoms with Crippen LogP contribution < -0.4 is 5.32 Å². The quantitative estimate of drug-likeness (QED) is 0.537. The highest BCUT2D eigenvalue weighted by Crippen LogP contribution is 2.30. The molecule has 1 heterocycles. The van der Waals surface area contributed by atoms with Crippen LogP contribution >= 0.6 is 23.2 Å². The number of non-ortho nitro benzene ring substituents is 1. The van der Waals surface area contributed by atoms with E-state index >= 15 is 0 Å². The fraction of sp³-hybridized carbons (Fsp3) is 0. The number of benzene rings is 2. The van der Waals surface area contributed by atoms with Gasteiger partial charge in [0.15, 0.2) is 0 Å². The molecule has 0 unspecified atom stereocenters. The van der Waals surface area contributed by atoms with E-state index in [1.807, 2.05) is 0 Å². The highest BCUT2D eigenvalue weighted by Gasteiger charge is 2.16. The van der Waals surface area contributed by atoms with Crippen LogP contribution in [0.4, 0.5) is 11.7 Å². The van der Waals surface area contributed by atoms with Crippen molar-refractivity contribution in [2.24, 2.45) is 0 Å². The SMILES string of the molecule is O=C(Nc1nnc(-c2cc(Cl)ccc2Cl)o1)c1ccc([N+](=O)[O-])cc1. The molecule has 0 fully saturated rings. The molecule has 0 saturated carbocycles. The van der Waals surface area contributed by atoms with E-state index in [1.54, 1.807) is 18.2 Å². The Labute approximate surface area is 150 Å². The van der Waals surface area contributed by atoms with Crippen molar-refractivity contribution in [2.45, 2.75) is 0 Å². The van der Waals surface area contributed by atoms with Crippen molar-refractivity contribution in [3.8, 4) is 11.5 Å². The van der Waals surface area contributed by atoms with Crippen molar-refractivity contribution >= 4 is 40.8 Å². The van der Waals surface area contributed by atoms with E-state index in [4.69, 9.17) is 27.6 Å². The molecule has 1 aromatic heterocycles. The first-order valence-corrected chi connectivity index (χ1v) is 7.54. The molecule has 0 atom stereocenters. The van der Waals surface area contributed by atoms with Crippen LogP contribution in [0.5, 0.6) is 0 Å². The maximum atomic E-state index is 12.1. The Morgan fingerprint density at radius 2 is 1.84 bits per heavy atom. The average molecular weight is 379 g/mol. The highest BCUT2D eigenvalue weighted by atomic mass is 35.5. The van der Waals surface area contributed by atoms with E-state index in [9.17, 15) is 14.9 Å². The van der Waals surface area contributed by atoms with Crippen LogP contribution in [0.3, 0.4) is 0 Å². The number of carbonyl (C=O) groups is 1. The van der Waals surface area contributed by atoms with E-state index < -0.39 is 10.8 Å². The first kappa shape index (κ1) is 16.9. The summed E-state index contributed by atoms with van der Waals surface area (Å²) in [6, 6.07) is 9.69. The van der Waals surface area contributed by atoms with Crippen LogP contribution in [0.15, 0.2) is 46.9 Å². The Bertz CT molecular complexity index is 956. The number of nitrogens with one attached hydrogen (secondary N) is 1. The molecular weight excluding hydrogens is 371 g/mol. The summed E-state index contributed by atoms with van der Waals surface area (Å²) < 4.78 is 5.35. The van der Waals surface area contributed by atoms with Crippen molar-refractivity contribution < 1.29 is 14.1 Å². The van der Waals surface area contributed by atoms with Gasteiger partial charge in [0.1, 0.15) is 0 Å². The zero-order valence-corrected chi connectivity index (χ0v) is 13.8. The third kappa shape index (κ3) is 3.76. The number of aromatic nitrogens is 2. The van der Waals surface area contributed by atoms with Gasteiger partial charge in [-0.15, -0.1) is 5.10 Å². The van der Waals surface area contributed by atoms with Gasteiger partial charge in [-0.05, 0) is 30.3 Å². The first-order valence-electron chi connectivity index (χ1n) is 6.79. The van der Waals surface area contributed by atoms with E-state index in [0.717, 1.165) is 0 Å². The second-order valence-electron chi connectivity index (χ2n) is 4.79. The predicted octanol–water partition coefficient (Wildman–Crippen LogP) is 4.20. The number of hydrogen-bond acceptors (Lipinski definition) is 6. The van der Waals surface area contributed by atoms with Crippen LogP contribution in [0.25, 0.3) is 11.5 Å². The number of halogens is 2. The van der Waals surface area contributed by atoms with Gasteiger partial charge < -0.3 is 4.42 Å². The molecule has 0 aliphatic carbocycles. The largest absolute Gasteiger partial charge is 0.403 e. The molecule has 25 heavy (non-hydrogen) atoms. The van der Waals surface area contributed by atoms with Crippen LogP contribution in [0.1, 0.15) is 10.4 Å². The van der Waals surface area contributed by atoms with Gasteiger partial charge in [0.2, 0.25) is 0 Å². The summed E-state index contributed by atoms with van der Waals surface area (Å²) in [4.78, 5) is 22.2. The first-order chi connectivity index (χ1) is 11.9. The number of rotatable bonds is 4. The van der Waals surface area contributed by atoms with Gasteiger partial charge >= 0.3 is 6.01 Å². The van der Waals surface area contributed by atoms with Crippen LogP contribution in [0.2, 0.25) is 10.0 Å². The summed E-state index contributed by atoms with van der Waals surface area (Å²) in [7, 11) is 0. The second-order valence-corrected chi connectivity index (χ2v) is 5.64. The standard InChI is InChI=1S/C15H8Cl2N4O4/c16-9-3-6-12(17)11(7-9)14-19-20-15(25-14)18-13(22)8-1-4-10(5-2-8)21(23)24/h1-7H,(H,18,20,22). The molecule has 1 amide bonds. The summed E-state index contributed by atoms with van der Waals surface area (Å²) in [5.41, 5.74) is 0.510. The number of carbonyl (C=O) groups excluding carboxylic acids is 1. The van der Waals surface area contributed by atoms with Gasteiger partial charge in [-0.25, -0.2) is 0 Å². The van der Waals surface area contributed by atoms with Gasteiger partial charge in [-0.2, -0.15) is 0 Å². The van der Waals surface area contributed by atoms with Crippen molar-refractivity contribution in [3.63, 3.8) is 0 Å². The fourth-order valence-corrected chi connectivity index (χ4v) is 2.32. The average Bonchev–Trinajstić information content (AvgIpc) is 3.05. The van der Waals surface area contributed by atoms with Crippen molar-refractivity contribution in [2.75, 3.05) is 5.32 Å². The van der Waals surface area contributed by atoms with E-state index in [2.05, 4.69) is 15.5 Å². The van der Waals surface area contributed by atoms with Gasteiger partial charge in [0, 0.05) is 22.7 Å². The lowest BCUT2D eigenvalue weighted by molar-refractivity contribution is -0.384. The normalized spacial score (nSPS) is 10.5. The summed E-state index contributed by atoms with van der Waals surface area (Å²) in [6.45, 7) is 0.